The van der Waals surface area contributed by atoms with Gasteiger partial charge in [-0.1, -0.05) is 0 Å². The predicted molar refractivity (Wildman–Crippen MR) is 103 cm³/mol. The fraction of sp³-hybridized carbons (Fsp3) is 0.474. The molecule has 1 aliphatic carbocycles. The number of carbonyl (C=O) groups is 1. The fourth-order valence-electron chi connectivity index (χ4n) is 3.43. The van der Waals surface area contributed by atoms with Gasteiger partial charge in [0.2, 0.25) is 5.76 Å². The van der Waals surface area contributed by atoms with E-state index in [-0.39, 0.29) is 23.2 Å². The number of ether oxygens (including phenoxy) is 1. The normalized spacial score (nSPS) is 18.8. The third-order valence-electron chi connectivity index (χ3n) is 4.88. The van der Waals surface area contributed by atoms with Gasteiger partial charge in [-0.05, 0) is 43.9 Å². The van der Waals surface area contributed by atoms with Gasteiger partial charge in [-0.3, -0.25) is 4.79 Å². The van der Waals surface area contributed by atoms with Crippen LogP contribution in [0.3, 0.4) is 0 Å². The number of piperazine rings is 1. The molecule has 1 heterocycles. The minimum absolute atomic E-state index is 0.0477. The lowest BCUT2D eigenvalue weighted by Gasteiger charge is -2.31. The molecule has 2 aliphatic rings. The van der Waals surface area contributed by atoms with Crippen LogP contribution in [0, 0.1) is 11.2 Å². The van der Waals surface area contributed by atoms with Crippen LogP contribution < -0.4 is 16.4 Å². The number of nitrogens with zero attached hydrogens (tertiary/aromatic N) is 1. The highest BCUT2D eigenvalue weighted by Crippen LogP contribution is 2.27. The fourth-order valence-corrected chi connectivity index (χ4v) is 3.43. The lowest BCUT2D eigenvalue weighted by molar-refractivity contribution is -0.117. The lowest BCUT2D eigenvalue weighted by atomic mass is 10.2. The lowest BCUT2D eigenvalue weighted by Crippen LogP contribution is -2.44. The van der Waals surface area contributed by atoms with Crippen molar-refractivity contribution in [2.24, 2.45) is 0 Å². The Kier molecular flexibility index (Phi) is 6.28. The topological polar surface area (TPSA) is 103 Å². The van der Waals surface area contributed by atoms with Crippen molar-refractivity contribution < 1.29 is 13.9 Å². The molecule has 1 saturated carbocycles. The van der Waals surface area contributed by atoms with E-state index in [0.717, 1.165) is 45.0 Å². The molecule has 0 radical (unpaired) electrons. The van der Waals surface area contributed by atoms with Crippen molar-refractivity contribution in [1.29, 1.82) is 5.41 Å². The average molecular weight is 375 g/mol. The highest BCUT2D eigenvalue weighted by molar-refractivity contribution is 6.06. The van der Waals surface area contributed by atoms with Crippen molar-refractivity contribution in [2.75, 3.05) is 37.2 Å². The van der Waals surface area contributed by atoms with Gasteiger partial charge in [-0.15, -0.1) is 0 Å². The molecule has 0 aromatic heterocycles. The number of benzene rings is 1. The second-order valence-electron chi connectivity index (χ2n) is 6.81. The molecular formula is C19H26FN5O2. The number of anilines is 2. The van der Waals surface area contributed by atoms with Gasteiger partial charge >= 0.3 is 0 Å². The standard InChI is InChI=1S/C19H26FN5O2/c20-13-5-6-15(22)16(11-13)24-19(26)18(27-14-3-1-2-4-14)17(12-21)25-9-7-23-8-10-25/h5-6,11-12,14,21,23H,1-4,7-10,22H2,(H,24,26). The molecule has 1 saturated heterocycles. The number of halogens is 1. The number of hydrogen-bond donors (Lipinski definition) is 4. The molecule has 1 aromatic rings. The van der Waals surface area contributed by atoms with Gasteiger partial charge in [0.05, 0.1) is 17.5 Å². The molecule has 146 valence electrons. The second kappa shape index (κ2) is 8.85. The summed E-state index contributed by atoms with van der Waals surface area (Å²) < 4.78 is 19.6. The van der Waals surface area contributed by atoms with E-state index in [9.17, 15) is 9.18 Å². The molecule has 3 rings (SSSR count). The Bertz CT molecular complexity index is 725. The maximum absolute atomic E-state index is 13.5. The third-order valence-corrected chi connectivity index (χ3v) is 4.88. The zero-order valence-corrected chi connectivity index (χ0v) is 15.3. The summed E-state index contributed by atoms with van der Waals surface area (Å²) in [7, 11) is 0. The average Bonchev–Trinajstić information content (AvgIpc) is 3.18. The van der Waals surface area contributed by atoms with Crippen LogP contribution in [0.25, 0.3) is 0 Å². The molecule has 1 amide bonds. The maximum Gasteiger partial charge on any atom is 0.293 e. The number of rotatable bonds is 6. The Balaban J connectivity index is 1.89. The van der Waals surface area contributed by atoms with Crippen molar-refractivity contribution >= 4 is 23.5 Å². The molecule has 2 fully saturated rings. The van der Waals surface area contributed by atoms with Crippen LogP contribution in [0.2, 0.25) is 0 Å². The van der Waals surface area contributed by atoms with Crippen LogP contribution in [0.5, 0.6) is 0 Å². The number of nitrogens with two attached hydrogens (primary N) is 1. The van der Waals surface area contributed by atoms with Crippen LogP contribution in [-0.2, 0) is 9.53 Å². The van der Waals surface area contributed by atoms with Crippen LogP contribution in [0.15, 0.2) is 29.7 Å². The van der Waals surface area contributed by atoms with Crippen LogP contribution in [0.1, 0.15) is 25.7 Å². The molecule has 7 nitrogen and oxygen atoms in total. The van der Waals surface area contributed by atoms with Crippen molar-refractivity contribution in [1.82, 2.24) is 10.2 Å². The summed E-state index contributed by atoms with van der Waals surface area (Å²) in [6, 6.07) is 3.82. The number of allylic oxidation sites excluding steroid dienone is 1. The number of hydrogen-bond acceptors (Lipinski definition) is 6. The minimum Gasteiger partial charge on any atom is -0.483 e. The maximum atomic E-state index is 13.5. The SMILES string of the molecule is N=CC(=C(OC1CCCC1)C(=O)Nc1cc(F)ccc1N)N1CCNCC1. The van der Waals surface area contributed by atoms with Crippen molar-refractivity contribution in [3.8, 4) is 0 Å². The van der Waals surface area contributed by atoms with Gasteiger partial charge in [0.1, 0.15) is 11.5 Å². The van der Waals surface area contributed by atoms with E-state index in [1.54, 1.807) is 0 Å². The molecule has 0 bridgehead atoms. The first-order valence-corrected chi connectivity index (χ1v) is 9.32. The molecule has 1 aromatic carbocycles. The summed E-state index contributed by atoms with van der Waals surface area (Å²) in [4.78, 5) is 14.9. The molecule has 0 atom stereocenters. The molecule has 27 heavy (non-hydrogen) atoms. The van der Waals surface area contributed by atoms with E-state index in [1.807, 2.05) is 4.90 Å². The van der Waals surface area contributed by atoms with Crippen molar-refractivity contribution in [3.05, 3.63) is 35.5 Å². The summed E-state index contributed by atoms with van der Waals surface area (Å²) in [5.74, 6) is -0.908. The van der Waals surface area contributed by atoms with Gasteiger partial charge in [-0.2, -0.15) is 0 Å². The van der Waals surface area contributed by atoms with E-state index in [2.05, 4.69) is 10.6 Å². The minimum atomic E-state index is -0.517. The Morgan fingerprint density at radius 3 is 2.70 bits per heavy atom. The van der Waals surface area contributed by atoms with E-state index in [0.29, 0.717) is 18.8 Å². The molecule has 8 heteroatoms. The van der Waals surface area contributed by atoms with Gasteiger partial charge in [-0.25, -0.2) is 4.39 Å². The third kappa shape index (κ3) is 4.77. The molecule has 1 aliphatic heterocycles. The Morgan fingerprint density at radius 1 is 1.33 bits per heavy atom. The number of carbonyl (C=O) groups excluding carboxylic acids is 1. The number of nitrogen functional groups attached to an aromatic ring is 1. The highest BCUT2D eigenvalue weighted by atomic mass is 19.1. The van der Waals surface area contributed by atoms with Gasteiger partial charge in [0.15, 0.2) is 0 Å². The second-order valence-corrected chi connectivity index (χ2v) is 6.81. The molecular weight excluding hydrogens is 349 g/mol. The summed E-state index contributed by atoms with van der Waals surface area (Å²) in [6.07, 6.45) is 4.99. The Hall–Kier alpha value is -2.61. The first-order chi connectivity index (χ1) is 13.1. The number of nitrogens with one attached hydrogen (secondary N) is 3. The predicted octanol–water partition coefficient (Wildman–Crippen LogP) is 2.07. The zero-order chi connectivity index (χ0) is 19.2. The highest BCUT2D eigenvalue weighted by Gasteiger charge is 2.27. The van der Waals surface area contributed by atoms with Crippen LogP contribution >= 0.6 is 0 Å². The van der Waals surface area contributed by atoms with Crippen molar-refractivity contribution in [3.63, 3.8) is 0 Å². The largest absolute Gasteiger partial charge is 0.483 e. The Morgan fingerprint density at radius 2 is 2.04 bits per heavy atom. The first-order valence-electron chi connectivity index (χ1n) is 9.32. The van der Waals surface area contributed by atoms with Gasteiger partial charge in [0, 0.05) is 32.4 Å². The Labute approximate surface area is 158 Å². The quantitative estimate of drug-likeness (QED) is 0.264. The first kappa shape index (κ1) is 19.2. The van der Waals surface area contributed by atoms with Gasteiger partial charge in [0.25, 0.3) is 5.91 Å². The van der Waals surface area contributed by atoms with E-state index in [4.69, 9.17) is 15.9 Å². The monoisotopic (exact) mass is 375 g/mol. The summed E-state index contributed by atoms with van der Waals surface area (Å²) in [6.45, 7) is 2.90. The molecule has 0 unspecified atom stereocenters. The van der Waals surface area contributed by atoms with E-state index < -0.39 is 11.7 Å². The summed E-state index contributed by atoms with van der Waals surface area (Å²) in [5.41, 5.74) is 6.75. The number of amides is 1. The summed E-state index contributed by atoms with van der Waals surface area (Å²) in [5, 5.41) is 13.8. The summed E-state index contributed by atoms with van der Waals surface area (Å²) >= 11 is 0. The van der Waals surface area contributed by atoms with E-state index >= 15 is 0 Å². The van der Waals surface area contributed by atoms with Crippen LogP contribution in [-0.4, -0.2) is 49.3 Å². The zero-order valence-electron chi connectivity index (χ0n) is 15.3. The smallest absolute Gasteiger partial charge is 0.293 e. The van der Waals surface area contributed by atoms with Crippen LogP contribution in [0.4, 0.5) is 15.8 Å². The molecule has 0 spiro atoms. The van der Waals surface area contributed by atoms with Crippen molar-refractivity contribution in [2.45, 2.75) is 31.8 Å². The van der Waals surface area contributed by atoms with E-state index in [1.165, 1.54) is 18.2 Å². The van der Waals surface area contributed by atoms with Gasteiger partial charge < -0.3 is 31.4 Å². The molecule has 5 N–H and O–H groups in total.